The van der Waals surface area contributed by atoms with E-state index in [0.29, 0.717) is 6.42 Å². The Hall–Kier alpha value is -1.45. The molecule has 1 aromatic heterocycles. The summed E-state index contributed by atoms with van der Waals surface area (Å²) in [7, 11) is 0. The first-order chi connectivity index (χ1) is 6.09. The summed E-state index contributed by atoms with van der Waals surface area (Å²) in [6.45, 7) is 1.60. The van der Waals surface area contributed by atoms with Gasteiger partial charge in [-0.05, 0) is 18.1 Å². The zero-order chi connectivity index (χ0) is 9.84. The third kappa shape index (κ3) is 2.82. The quantitative estimate of drug-likeness (QED) is 0.722. The van der Waals surface area contributed by atoms with Gasteiger partial charge in [0.15, 0.2) is 0 Å². The van der Waals surface area contributed by atoms with Gasteiger partial charge in [-0.2, -0.15) is 4.39 Å². The molecule has 0 bridgehead atoms. The van der Waals surface area contributed by atoms with E-state index in [1.165, 1.54) is 12.3 Å². The first kappa shape index (κ1) is 9.64. The highest BCUT2D eigenvalue weighted by molar-refractivity contribution is 5.69. The molecule has 0 spiro atoms. The summed E-state index contributed by atoms with van der Waals surface area (Å²) >= 11 is 0. The third-order valence-electron chi connectivity index (χ3n) is 1.75. The van der Waals surface area contributed by atoms with Gasteiger partial charge in [-0.25, -0.2) is 4.98 Å². The van der Waals surface area contributed by atoms with Gasteiger partial charge in [-0.3, -0.25) is 4.79 Å². The first-order valence-corrected chi connectivity index (χ1v) is 3.93. The summed E-state index contributed by atoms with van der Waals surface area (Å²) < 4.78 is 12.4. The predicted octanol–water partition coefficient (Wildman–Crippen LogP) is 1.48. The number of nitrogens with zero attached hydrogens (tertiary/aromatic N) is 1. The maximum atomic E-state index is 12.4. The van der Waals surface area contributed by atoms with Crippen LogP contribution < -0.4 is 0 Å². The van der Waals surface area contributed by atoms with Crippen molar-refractivity contribution in [3.63, 3.8) is 0 Å². The second-order valence-corrected chi connectivity index (χ2v) is 2.93. The highest BCUT2D eigenvalue weighted by atomic mass is 19.1. The maximum absolute atomic E-state index is 12.4. The lowest BCUT2D eigenvalue weighted by Crippen LogP contribution is -2.12. The van der Waals surface area contributed by atoms with E-state index >= 15 is 0 Å². The molecule has 0 saturated heterocycles. The van der Waals surface area contributed by atoms with Crippen LogP contribution in [0.15, 0.2) is 18.3 Å². The molecular formula is C9H10FNO2. The summed E-state index contributed by atoms with van der Waals surface area (Å²) in [4.78, 5) is 13.9. The topological polar surface area (TPSA) is 50.2 Å². The molecule has 0 aliphatic heterocycles. The summed E-state index contributed by atoms with van der Waals surface area (Å²) in [6, 6.07) is 2.77. The summed E-state index contributed by atoms with van der Waals surface area (Å²) in [5.41, 5.74) is 0.733. The molecule has 1 heterocycles. The van der Waals surface area contributed by atoms with Crippen molar-refractivity contribution in [2.24, 2.45) is 5.92 Å². The van der Waals surface area contributed by atoms with Crippen LogP contribution in [0.5, 0.6) is 0 Å². The van der Waals surface area contributed by atoms with Crippen LogP contribution in [-0.2, 0) is 11.2 Å². The maximum Gasteiger partial charge on any atom is 0.306 e. The molecule has 0 aliphatic carbocycles. The van der Waals surface area contributed by atoms with Crippen LogP contribution >= 0.6 is 0 Å². The molecule has 0 unspecified atom stereocenters. The molecular weight excluding hydrogens is 173 g/mol. The minimum Gasteiger partial charge on any atom is -0.481 e. The van der Waals surface area contributed by atoms with E-state index < -0.39 is 17.8 Å². The number of rotatable bonds is 3. The number of carboxylic acids is 1. The SMILES string of the molecule is C[C@@H](Cc1ccc(F)nc1)C(=O)O. The largest absolute Gasteiger partial charge is 0.481 e. The van der Waals surface area contributed by atoms with Gasteiger partial charge in [-0.1, -0.05) is 13.0 Å². The zero-order valence-electron chi connectivity index (χ0n) is 7.20. The van der Waals surface area contributed by atoms with Crippen LogP contribution in [0.2, 0.25) is 0 Å². The fraction of sp³-hybridized carbons (Fsp3) is 0.333. The molecule has 0 amide bonds. The van der Waals surface area contributed by atoms with Crippen LogP contribution in [-0.4, -0.2) is 16.1 Å². The highest BCUT2D eigenvalue weighted by Gasteiger charge is 2.11. The lowest BCUT2D eigenvalue weighted by molar-refractivity contribution is -0.141. The number of hydrogen-bond donors (Lipinski definition) is 1. The smallest absolute Gasteiger partial charge is 0.306 e. The molecule has 1 rings (SSSR count). The number of pyridine rings is 1. The Morgan fingerprint density at radius 3 is 2.85 bits per heavy atom. The number of carbonyl (C=O) groups is 1. The minimum atomic E-state index is -0.857. The predicted molar refractivity (Wildman–Crippen MR) is 44.7 cm³/mol. The van der Waals surface area contributed by atoms with Crippen LogP contribution in [0.25, 0.3) is 0 Å². The van der Waals surface area contributed by atoms with Crippen LogP contribution in [0.1, 0.15) is 12.5 Å². The second-order valence-electron chi connectivity index (χ2n) is 2.93. The van der Waals surface area contributed by atoms with E-state index in [4.69, 9.17) is 5.11 Å². The monoisotopic (exact) mass is 183 g/mol. The fourth-order valence-electron chi connectivity index (χ4n) is 0.968. The van der Waals surface area contributed by atoms with Gasteiger partial charge in [0.2, 0.25) is 5.95 Å². The van der Waals surface area contributed by atoms with Crippen molar-refractivity contribution >= 4 is 5.97 Å². The van der Waals surface area contributed by atoms with Crippen molar-refractivity contribution in [1.29, 1.82) is 0 Å². The van der Waals surface area contributed by atoms with E-state index in [1.807, 2.05) is 0 Å². The van der Waals surface area contributed by atoms with E-state index in [9.17, 15) is 9.18 Å². The standard InChI is InChI=1S/C9H10FNO2/c1-6(9(12)13)4-7-2-3-8(10)11-5-7/h2-3,5-6H,4H2,1H3,(H,12,13)/t6-/m0/s1. The zero-order valence-corrected chi connectivity index (χ0v) is 7.20. The number of hydrogen-bond acceptors (Lipinski definition) is 2. The molecule has 0 fully saturated rings. The summed E-state index contributed by atoms with van der Waals surface area (Å²) in [5.74, 6) is -1.87. The molecule has 4 heteroatoms. The number of aliphatic carboxylic acids is 1. The Morgan fingerprint density at radius 2 is 2.38 bits per heavy atom. The Kier molecular flexibility index (Phi) is 2.95. The highest BCUT2D eigenvalue weighted by Crippen LogP contribution is 2.07. The second kappa shape index (κ2) is 3.98. The molecule has 0 radical (unpaired) electrons. The van der Waals surface area contributed by atoms with E-state index in [0.717, 1.165) is 5.56 Å². The van der Waals surface area contributed by atoms with Crippen LogP contribution in [0, 0.1) is 11.9 Å². The molecule has 0 aliphatic rings. The Bertz CT molecular complexity index is 297. The fourth-order valence-corrected chi connectivity index (χ4v) is 0.968. The lowest BCUT2D eigenvalue weighted by atomic mass is 10.0. The molecule has 1 N–H and O–H groups in total. The molecule has 3 nitrogen and oxygen atoms in total. The third-order valence-corrected chi connectivity index (χ3v) is 1.75. The van der Waals surface area contributed by atoms with Crippen molar-refractivity contribution in [2.45, 2.75) is 13.3 Å². The van der Waals surface area contributed by atoms with Gasteiger partial charge in [0.25, 0.3) is 0 Å². The van der Waals surface area contributed by atoms with E-state index in [2.05, 4.69) is 4.98 Å². The normalized spacial score (nSPS) is 12.5. The summed E-state index contributed by atoms with van der Waals surface area (Å²) in [6.07, 6.45) is 1.73. The van der Waals surface area contributed by atoms with Crippen molar-refractivity contribution in [1.82, 2.24) is 4.98 Å². The lowest BCUT2D eigenvalue weighted by Gasteiger charge is -2.04. The average Bonchev–Trinajstić information content (AvgIpc) is 2.08. The van der Waals surface area contributed by atoms with Crippen LogP contribution in [0.4, 0.5) is 4.39 Å². The van der Waals surface area contributed by atoms with Gasteiger partial charge in [0, 0.05) is 6.20 Å². The number of carboxylic acid groups (broad SMARTS) is 1. The number of aromatic nitrogens is 1. The van der Waals surface area contributed by atoms with Crippen molar-refractivity contribution in [3.05, 3.63) is 29.8 Å². The van der Waals surface area contributed by atoms with Crippen LogP contribution in [0.3, 0.4) is 0 Å². The number of halogens is 1. The van der Waals surface area contributed by atoms with Gasteiger partial charge in [0.1, 0.15) is 0 Å². The Morgan fingerprint density at radius 1 is 1.69 bits per heavy atom. The Balaban J connectivity index is 2.64. The molecule has 0 saturated carbocycles. The molecule has 0 aromatic carbocycles. The molecule has 70 valence electrons. The minimum absolute atomic E-state index is 0.378. The molecule has 1 atom stereocenters. The molecule has 13 heavy (non-hydrogen) atoms. The summed E-state index contributed by atoms with van der Waals surface area (Å²) in [5, 5.41) is 8.60. The average molecular weight is 183 g/mol. The van der Waals surface area contributed by atoms with Crippen molar-refractivity contribution in [3.8, 4) is 0 Å². The van der Waals surface area contributed by atoms with Gasteiger partial charge >= 0.3 is 5.97 Å². The Labute approximate surface area is 75.2 Å². The van der Waals surface area contributed by atoms with Crippen molar-refractivity contribution in [2.75, 3.05) is 0 Å². The molecule has 1 aromatic rings. The van der Waals surface area contributed by atoms with E-state index in [-0.39, 0.29) is 0 Å². The van der Waals surface area contributed by atoms with Gasteiger partial charge in [0.05, 0.1) is 5.92 Å². The van der Waals surface area contributed by atoms with Crippen molar-refractivity contribution < 1.29 is 14.3 Å². The first-order valence-electron chi connectivity index (χ1n) is 3.93. The van der Waals surface area contributed by atoms with Gasteiger partial charge in [-0.15, -0.1) is 0 Å². The van der Waals surface area contributed by atoms with Gasteiger partial charge < -0.3 is 5.11 Å². The van der Waals surface area contributed by atoms with E-state index in [1.54, 1.807) is 13.0 Å².